The molecule has 2 heterocycles. The van der Waals surface area contributed by atoms with Crippen molar-refractivity contribution in [3.63, 3.8) is 0 Å². The van der Waals surface area contributed by atoms with E-state index in [1.807, 2.05) is 11.8 Å². The van der Waals surface area contributed by atoms with Crippen molar-refractivity contribution in [2.75, 3.05) is 13.2 Å². The molecule has 1 saturated heterocycles. The number of aliphatic hydroxyl groups excluding tert-OH is 1. The van der Waals surface area contributed by atoms with Gasteiger partial charge in [-0.1, -0.05) is 0 Å². The molecule has 1 aliphatic rings. The summed E-state index contributed by atoms with van der Waals surface area (Å²) in [4.78, 5) is 18.1. The number of amides is 1. The van der Waals surface area contributed by atoms with Crippen LogP contribution in [0.2, 0.25) is 0 Å². The van der Waals surface area contributed by atoms with Crippen molar-refractivity contribution in [3.05, 3.63) is 17.8 Å². The lowest BCUT2D eigenvalue weighted by Gasteiger charge is -2.32. The van der Waals surface area contributed by atoms with Crippen molar-refractivity contribution in [2.24, 2.45) is 5.73 Å². The molecule has 18 heavy (non-hydrogen) atoms. The molecule has 2 rings (SSSR count). The highest BCUT2D eigenvalue weighted by Gasteiger charge is 2.27. The van der Waals surface area contributed by atoms with E-state index in [2.05, 4.69) is 4.98 Å². The lowest BCUT2D eigenvalue weighted by atomic mass is 10.0. The Balaban J connectivity index is 2.10. The lowest BCUT2D eigenvalue weighted by molar-refractivity contribution is 0.0629. The summed E-state index contributed by atoms with van der Waals surface area (Å²) in [5.41, 5.74) is 5.85. The SMILES string of the molecule is CC1CCCCN1C(=O)c1coc(C(N)CO)n1. The number of hydrogen-bond acceptors (Lipinski definition) is 5. The quantitative estimate of drug-likeness (QED) is 0.826. The first-order valence-electron chi connectivity index (χ1n) is 6.26. The summed E-state index contributed by atoms with van der Waals surface area (Å²) < 4.78 is 5.12. The molecule has 1 amide bonds. The fourth-order valence-corrected chi connectivity index (χ4v) is 2.18. The molecule has 1 aromatic rings. The van der Waals surface area contributed by atoms with Gasteiger partial charge < -0.3 is 20.2 Å². The van der Waals surface area contributed by atoms with Gasteiger partial charge in [0.1, 0.15) is 12.3 Å². The van der Waals surface area contributed by atoms with Crippen LogP contribution in [0.15, 0.2) is 10.7 Å². The summed E-state index contributed by atoms with van der Waals surface area (Å²) in [5, 5.41) is 8.91. The predicted molar refractivity (Wildman–Crippen MR) is 64.9 cm³/mol. The number of aromatic nitrogens is 1. The fourth-order valence-electron chi connectivity index (χ4n) is 2.18. The van der Waals surface area contributed by atoms with Gasteiger partial charge in [-0.2, -0.15) is 0 Å². The molecule has 0 bridgehead atoms. The molecule has 0 saturated carbocycles. The van der Waals surface area contributed by atoms with Crippen molar-refractivity contribution >= 4 is 5.91 Å². The molecule has 1 fully saturated rings. The van der Waals surface area contributed by atoms with Gasteiger partial charge in [-0.25, -0.2) is 4.98 Å². The van der Waals surface area contributed by atoms with E-state index in [0.717, 1.165) is 25.8 Å². The van der Waals surface area contributed by atoms with Crippen LogP contribution in [0.4, 0.5) is 0 Å². The van der Waals surface area contributed by atoms with E-state index < -0.39 is 6.04 Å². The summed E-state index contributed by atoms with van der Waals surface area (Å²) in [6.45, 7) is 2.54. The number of nitrogens with two attached hydrogens (primary N) is 1. The van der Waals surface area contributed by atoms with Crippen LogP contribution in [-0.4, -0.2) is 40.1 Å². The number of nitrogens with zero attached hydrogens (tertiary/aromatic N) is 2. The van der Waals surface area contributed by atoms with Gasteiger partial charge in [-0.15, -0.1) is 0 Å². The molecule has 100 valence electrons. The Labute approximate surface area is 106 Å². The Kier molecular flexibility index (Phi) is 3.98. The monoisotopic (exact) mass is 253 g/mol. The Morgan fingerprint density at radius 1 is 1.72 bits per heavy atom. The smallest absolute Gasteiger partial charge is 0.276 e. The Hall–Kier alpha value is -1.40. The van der Waals surface area contributed by atoms with Crippen LogP contribution >= 0.6 is 0 Å². The van der Waals surface area contributed by atoms with Gasteiger partial charge in [0, 0.05) is 12.6 Å². The van der Waals surface area contributed by atoms with Gasteiger partial charge in [-0.05, 0) is 26.2 Å². The molecule has 0 radical (unpaired) electrons. The molecular formula is C12H19N3O3. The van der Waals surface area contributed by atoms with Crippen molar-refractivity contribution in [3.8, 4) is 0 Å². The minimum atomic E-state index is -0.676. The largest absolute Gasteiger partial charge is 0.446 e. The molecule has 0 aromatic carbocycles. The van der Waals surface area contributed by atoms with Gasteiger partial charge in [0.25, 0.3) is 5.91 Å². The summed E-state index contributed by atoms with van der Waals surface area (Å²) >= 11 is 0. The topological polar surface area (TPSA) is 92.6 Å². The van der Waals surface area contributed by atoms with Gasteiger partial charge in [0.05, 0.1) is 6.61 Å². The van der Waals surface area contributed by atoms with E-state index in [-0.39, 0.29) is 30.1 Å². The highest BCUT2D eigenvalue weighted by molar-refractivity contribution is 5.92. The lowest BCUT2D eigenvalue weighted by Crippen LogP contribution is -2.42. The average Bonchev–Trinajstić information content (AvgIpc) is 2.87. The highest BCUT2D eigenvalue weighted by Crippen LogP contribution is 2.19. The van der Waals surface area contributed by atoms with Gasteiger partial charge in [-0.3, -0.25) is 4.79 Å². The number of hydrogen-bond donors (Lipinski definition) is 2. The number of rotatable bonds is 3. The molecule has 6 heteroatoms. The molecule has 3 N–H and O–H groups in total. The second-order valence-electron chi connectivity index (χ2n) is 4.70. The van der Waals surface area contributed by atoms with Crippen LogP contribution in [-0.2, 0) is 0 Å². The van der Waals surface area contributed by atoms with Crippen LogP contribution < -0.4 is 5.73 Å². The second kappa shape index (κ2) is 5.49. The van der Waals surface area contributed by atoms with E-state index in [9.17, 15) is 4.79 Å². The minimum Gasteiger partial charge on any atom is -0.446 e. The van der Waals surface area contributed by atoms with E-state index >= 15 is 0 Å². The van der Waals surface area contributed by atoms with E-state index in [0.29, 0.717) is 0 Å². The predicted octanol–water partition coefficient (Wildman–Crippen LogP) is 0.681. The number of likely N-dealkylation sites (tertiary alicyclic amines) is 1. The molecule has 0 aliphatic carbocycles. The zero-order valence-electron chi connectivity index (χ0n) is 10.5. The standard InChI is InChI=1S/C12H19N3O3/c1-8-4-2-3-5-15(8)12(17)10-7-18-11(14-10)9(13)6-16/h7-9,16H,2-6,13H2,1H3. The van der Waals surface area contributed by atoms with Crippen molar-refractivity contribution in [1.29, 1.82) is 0 Å². The Morgan fingerprint density at radius 2 is 2.50 bits per heavy atom. The number of aliphatic hydroxyl groups is 1. The molecule has 1 aliphatic heterocycles. The minimum absolute atomic E-state index is 0.123. The third-order valence-corrected chi connectivity index (χ3v) is 3.32. The second-order valence-corrected chi connectivity index (χ2v) is 4.70. The molecular weight excluding hydrogens is 234 g/mol. The maximum Gasteiger partial charge on any atom is 0.276 e. The van der Waals surface area contributed by atoms with Gasteiger partial charge in [0.2, 0.25) is 5.89 Å². The van der Waals surface area contributed by atoms with Crippen LogP contribution in [0, 0.1) is 0 Å². The van der Waals surface area contributed by atoms with Crippen LogP contribution in [0.25, 0.3) is 0 Å². The first kappa shape index (κ1) is 13.0. The number of oxazole rings is 1. The summed E-state index contributed by atoms with van der Waals surface area (Å²) in [6.07, 6.45) is 4.52. The molecule has 6 nitrogen and oxygen atoms in total. The summed E-state index contributed by atoms with van der Waals surface area (Å²) in [6, 6.07) is -0.441. The third-order valence-electron chi connectivity index (χ3n) is 3.32. The van der Waals surface area contributed by atoms with Crippen molar-refractivity contribution in [1.82, 2.24) is 9.88 Å². The summed E-state index contributed by atoms with van der Waals surface area (Å²) in [5.74, 6) is 0.0767. The zero-order chi connectivity index (χ0) is 13.1. The fraction of sp³-hybridized carbons (Fsp3) is 0.667. The Morgan fingerprint density at radius 3 is 3.17 bits per heavy atom. The molecule has 1 aromatic heterocycles. The molecule has 2 atom stereocenters. The maximum atomic E-state index is 12.2. The van der Waals surface area contributed by atoms with Crippen LogP contribution in [0.3, 0.4) is 0 Å². The number of carbonyl (C=O) groups is 1. The summed E-state index contributed by atoms with van der Waals surface area (Å²) in [7, 11) is 0. The molecule has 2 unspecified atom stereocenters. The normalized spacial score (nSPS) is 21.9. The number of carbonyl (C=O) groups excluding carboxylic acids is 1. The maximum absolute atomic E-state index is 12.2. The van der Waals surface area contributed by atoms with Crippen molar-refractivity contribution in [2.45, 2.75) is 38.3 Å². The molecule has 0 spiro atoms. The highest BCUT2D eigenvalue weighted by atomic mass is 16.3. The average molecular weight is 253 g/mol. The van der Waals surface area contributed by atoms with Crippen LogP contribution in [0.1, 0.15) is 48.6 Å². The number of piperidine rings is 1. The Bertz CT molecular complexity index is 418. The zero-order valence-corrected chi connectivity index (χ0v) is 10.5. The van der Waals surface area contributed by atoms with E-state index in [1.165, 1.54) is 6.26 Å². The van der Waals surface area contributed by atoms with Crippen molar-refractivity contribution < 1.29 is 14.3 Å². The first-order chi connectivity index (χ1) is 8.63. The van der Waals surface area contributed by atoms with E-state index in [1.54, 1.807) is 0 Å². The van der Waals surface area contributed by atoms with Gasteiger partial charge in [0.15, 0.2) is 5.69 Å². The third kappa shape index (κ3) is 2.54. The van der Waals surface area contributed by atoms with Gasteiger partial charge >= 0.3 is 0 Å². The first-order valence-corrected chi connectivity index (χ1v) is 6.26. The van der Waals surface area contributed by atoms with E-state index in [4.69, 9.17) is 15.3 Å². The van der Waals surface area contributed by atoms with Crippen LogP contribution in [0.5, 0.6) is 0 Å².